The van der Waals surface area contributed by atoms with Crippen LogP contribution in [0.1, 0.15) is 0 Å². The van der Waals surface area contributed by atoms with Crippen molar-refractivity contribution in [3.63, 3.8) is 0 Å². The van der Waals surface area contributed by atoms with Crippen LogP contribution in [0.15, 0.2) is 0 Å². The van der Waals surface area contributed by atoms with Crippen LogP contribution in [0.5, 0.6) is 0 Å². The second-order valence-electron chi connectivity index (χ2n) is 0. The summed E-state index contributed by atoms with van der Waals surface area (Å²) in [5.41, 5.74) is 0. The molecule has 4 heteroatoms. The molecule has 0 rings (SSSR count). The fourth-order valence-corrected chi connectivity index (χ4v) is 0. The normalized spacial score (nSPS) is 0. The zero-order valence-corrected chi connectivity index (χ0v) is 6.67. The van der Waals surface area contributed by atoms with Gasteiger partial charge in [0, 0.05) is 61.2 Å². The molecule has 2 N–H and O–H groups in total. The van der Waals surface area contributed by atoms with E-state index in [-0.39, 0.29) is 66.6 Å². The standard InChI is InChI=1S/Fe.Nb.H2O.Ti/h;;1H2;. The van der Waals surface area contributed by atoms with Crippen molar-refractivity contribution < 1.29 is 66.6 Å². The zero-order chi connectivity index (χ0) is 0. The largest absolute Gasteiger partial charge is 0.412 e. The summed E-state index contributed by atoms with van der Waals surface area (Å²) in [7, 11) is 0. The third kappa shape index (κ3) is 9.05. The Kier molecular flexibility index (Phi) is 197. The first-order valence-corrected chi connectivity index (χ1v) is 0. The Morgan fingerprint density at radius 2 is 1.00 bits per heavy atom. The average molecular weight is 215 g/mol. The van der Waals surface area contributed by atoms with Crippen molar-refractivity contribution in [2.24, 2.45) is 0 Å². The summed E-state index contributed by atoms with van der Waals surface area (Å²) in [6.07, 6.45) is 0. The monoisotopic (exact) mass is 215 g/mol. The van der Waals surface area contributed by atoms with Crippen LogP contribution in [0, 0.1) is 0 Å². The van der Waals surface area contributed by atoms with Gasteiger partial charge >= 0.3 is 0 Å². The van der Waals surface area contributed by atoms with Crippen molar-refractivity contribution in [2.75, 3.05) is 0 Å². The molecule has 0 saturated heterocycles. The third-order valence-corrected chi connectivity index (χ3v) is 0. The van der Waals surface area contributed by atoms with Gasteiger partial charge < -0.3 is 5.48 Å². The van der Waals surface area contributed by atoms with Crippen LogP contribution < -0.4 is 0 Å². The van der Waals surface area contributed by atoms with E-state index in [2.05, 4.69) is 0 Å². The first-order valence-electron chi connectivity index (χ1n) is 0. The van der Waals surface area contributed by atoms with Gasteiger partial charge in [0.2, 0.25) is 0 Å². The predicted molar refractivity (Wildman–Crippen MR) is 3.61 cm³/mol. The summed E-state index contributed by atoms with van der Waals surface area (Å²) in [5.74, 6) is 0. The molecule has 25 valence electrons. The second-order valence-corrected chi connectivity index (χ2v) is 0. The van der Waals surface area contributed by atoms with E-state index in [1.165, 1.54) is 0 Å². The van der Waals surface area contributed by atoms with Crippen molar-refractivity contribution in [1.82, 2.24) is 0 Å². The van der Waals surface area contributed by atoms with E-state index in [4.69, 9.17) is 0 Å². The molecular formula is H2FeNbOTi. The van der Waals surface area contributed by atoms with E-state index in [1.807, 2.05) is 0 Å². The molecule has 0 aromatic heterocycles. The summed E-state index contributed by atoms with van der Waals surface area (Å²) in [6, 6.07) is 0. The molecule has 1 nitrogen and oxygen atoms in total. The molecule has 0 aliphatic rings. The smallest absolute Gasteiger partial charge is 0 e. The maximum atomic E-state index is 0. The van der Waals surface area contributed by atoms with Crippen molar-refractivity contribution in [2.45, 2.75) is 0 Å². The summed E-state index contributed by atoms with van der Waals surface area (Å²) in [6.45, 7) is 0. The van der Waals surface area contributed by atoms with E-state index in [0.29, 0.717) is 0 Å². The molecule has 0 atom stereocenters. The van der Waals surface area contributed by atoms with Crippen molar-refractivity contribution in [1.29, 1.82) is 0 Å². The molecule has 0 heterocycles. The fraction of sp³-hybridized carbons (Fsp3) is 0. The molecule has 0 aliphatic carbocycles. The second kappa shape index (κ2) is 20.4. The van der Waals surface area contributed by atoms with Gasteiger partial charge in [-0.25, -0.2) is 0 Å². The van der Waals surface area contributed by atoms with Crippen LogP contribution >= 0.6 is 0 Å². The predicted octanol–water partition coefficient (Wildman–Crippen LogP) is -0.832. The first kappa shape index (κ1) is 38.6. The number of hydrogen-bond acceptors (Lipinski definition) is 0. The van der Waals surface area contributed by atoms with Crippen LogP contribution in [-0.4, -0.2) is 5.48 Å². The Hall–Kier alpha value is 1.93. The van der Waals surface area contributed by atoms with E-state index in [1.54, 1.807) is 0 Å². The molecule has 0 aliphatic heterocycles. The Labute approximate surface area is 66.1 Å². The van der Waals surface area contributed by atoms with Crippen LogP contribution in [0.4, 0.5) is 0 Å². The van der Waals surface area contributed by atoms with Gasteiger partial charge in [0.05, 0.1) is 0 Å². The summed E-state index contributed by atoms with van der Waals surface area (Å²) in [4.78, 5) is 0. The van der Waals surface area contributed by atoms with Crippen LogP contribution in [0.3, 0.4) is 0 Å². The summed E-state index contributed by atoms with van der Waals surface area (Å²) in [5, 5.41) is 0. The molecule has 1 radical (unpaired) electrons. The molecular weight excluding hydrogens is 213 g/mol. The molecule has 0 saturated carbocycles. The Bertz CT molecular complexity index is 8.00. The van der Waals surface area contributed by atoms with Gasteiger partial charge in [0.1, 0.15) is 0 Å². The van der Waals surface area contributed by atoms with Gasteiger partial charge in [-0.1, -0.05) is 0 Å². The fourth-order valence-electron chi connectivity index (χ4n) is 0. The zero-order valence-electron chi connectivity index (χ0n) is 1.80. The molecule has 0 fully saturated rings. The van der Waals surface area contributed by atoms with E-state index < -0.39 is 0 Å². The molecule has 0 spiro atoms. The van der Waals surface area contributed by atoms with E-state index in [9.17, 15) is 0 Å². The molecule has 0 unspecified atom stereocenters. The SMILES string of the molecule is O.[Fe].[Nb].[Ti]. The van der Waals surface area contributed by atoms with Crippen molar-refractivity contribution in [3.8, 4) is 0 Å². The summed E-state index contributed by atoms with van der Waals surface area (Å²) >= 11 is 0. The molecule has 0 aromatic rings. The van der Waals surface area contributed by atoms with E-state index >= 15 is 0 Å². The van der Waals surface area contributed by atoms with Crippen molar-refractivity contribution >= 4 is 0 Å². The van der Waals surface area contributed by atoms with E-state index in [0.717, 1.165) is 0 Å². The minimum Gasteiger partial charge on any atom is -0.412 e. The van der Waals surface area contributed by atoms with Crippen LogP contribution in [-0.2, 0) is 61.2 Å². The minimum absolute atomic E-state index is 0. The van der Waals surface area contributed by atoms with Gasteiger partial charge in [-0.2, -0.15) is 0 Å². The van der Waals surface area contributed by atoms with Gasteiger partial charge in [-0.05, 0) is 0 Å². The van der Waals surface area contributed by atoms with Crippen LogP contribution in [0.25, 0.3) is 0 Å². The molecule has 0 aromatic carbocycles. The maximum absolute atomic E-state index is 0. The minimum atomic E-state index is 0. The average Bonchev–Trinajstić information content (AvgIpc) is 0. The third-order valence-electron chi connectivity index (χ3n) is 0. The molecule has 0 bridgehead atoms. The Morgan fingerprint density at radius 1 is 1.00 bits per heavy atom. The number of rotatable bonds is 0. The topological polar surface area (TPSA) is 31.5 Å². The first-order chi connectivity index (χ1) is 0. The Balaban J connectivity index is 0. The Morgan fingerprint density at radius 3 is 1.00 bits per heavy atom. The molecule has 4 heavy (non-hydrogen) atoms. The van der Waals surface area contributed by atoms with Crippen molar-refractivity contribution in [3.05, 3.63) is 0 Å². The van der Waals surface area contributed by atoms with Gasteiger partial charge in [0.15, 0.2) is 0 Å². The van der Waals surface area contributed by atoms with Gasteiger partial charge in [-0.15, -0.1) is 0 Å². The quantitative estimate of drug-likeness (QED) is 0.472. The van der Waals surface area contributed by atoms with Gasteiger partial charge in [0.25, 0.3) is 0 Å². The molecule has 0 amide bonds. The summed E-state index contributed by atoms with van der Waals surface area (Å²) < 4.78 is 0. The van der Waals surface area contributed by atoms with Gasteiger partial charge in [-0.3, -0.25) is 0 Å². The number of hydrogen-bond donors (Lipinski definition) is 0. The maximum Gasteiger partial charge on any atom is 0 e. The van der Waals surface area contributed by atoms with Crippen LogP contribution in [0.2, 0.25) is 0 Å².